The highest BCUT2D eigenvalue weighted by atomic mass is 79.9. The second kappa shape index (κ2) is 6.95. The summed E-state index contributed by atoms with van der Waals surface area (Å²) in [6.45, 7) is 6.11. The van der Waals surface area contributed by atoms with Crippen molar-refractivity contribution in [2.24, 2.45) is 0 Å². The summed E-state index contributed by atoms with van der Waals surface area (Å²) in [7, 11) is 0. The number of carbonyl (C=O) groups excluding carboxylic acids is 1. The Morgan fingerprint density at radius 3 is 2.67 bits per heavy atom. The summed E-state index contributed by atoms with van der Waals surface area (Å²) in [4.78, 5) is 12.8. The Labute approximate surface area is 142 Å². The van der Waals surface area contributed by atoms with E-state index in [2.05, 4.69) is 29.8 Å². The lowest BCUT2D eigenvalue weighted by Gasteiger charge is -2.15. The van der Waals surface area contributed by atoms with E-state index in [1.807, 2.05) is 25.1 Å². The van der Waals surface area contributed by atoms with Crippen molar-refractivity contribution in [3.05, 3.63) is 49.1 Å². The number of hydrogen-bond acceptors (Lipinski definition) is 3. The normalized spacial score (nSPS) is 11.0. The summed E-state index contributed by atoms with van der Waals surface area (Å²) >= 11 is 10.9. The Hall–Kier alpha value is -0.840. The van der Waals surface area contributed by atoms with Crippen molar-refractivity contribution < 1.29 is 9.53 Å². The Kier molecular flexibility index (Phi) is 5.47. The van der Waals surface area contributed by atoms with Crippen molar-refractivity contribution in [1.29, 1.82) is 0 Å². The lowest BCUT2D eigenvalue weighted by atomic mass is 10.0. The number of ether oxygens (including phenoxy) is 1. The fraction of sp³-hybridized carbons (Fsp3) is 0.312. The third kappa shape index (κ3) is 4.09. The van der Waals surface area contributed by atoms with Crippen molar-refractivity contribution in [2.45, 2.75) is 26.7 Å². The molecule has 0 aliphatic carbocycles. The molecule has 0 fully saturated rings. The minimum Gasteiger partial charge on any atom is -0.485 e. The van der Waals surface area contributed by atoms with Crippen LogP contribution in [-0.4, -0.2) is 12.4 Å². The number of aryl methyl sites for hydroxylation is 1. The number of hydrogen-bond donors (Lipinski definition) is 0. The molecule has 0 amide bonds. The van der Waals surface area contributed by atoms with Gasteiger partial charge in [0.2, 0.25) is 5.78 Å². The van der Waals surface area contributed by atoms with Crippen LogP contribution < -0.4 is 4.74 Å². The molecule has 2 nitrogen and oxygen atoms in total. The summed E-state index contributed by atoms with van der Waals surface area (Å²) in [5, 5.41) is 0.722. The van der Waals surface area contributed by atoms with E-state index >= 15 is 0 Å². The molecule has 0 spiro atoms. The number of rotatable bonds is 5. The Morgan fingerprint density at radius 1 is 1.38 bits per heavy atom. The molecule has 2 aromatic rings. The average Bonchev–Trinajstić information content (AvgIpc) is 2.85. The fourth-order valence-corrected chi connectivity index (χ4v) is 3.41. The molecule has 0 aliphatic rings. The molecule has 0 atom stereocenters. The zero-order valence-corrected chi connectivity index (χ0v) is 15.2. The maximum Gasteiger partial charge on any atom is 0.210 e. The topological polar surface area (TPSA) is 26.3 Å². The van der Waals surface area contributed by atoms with Gasteiger partial charge in [-0.2, -0.15) is 0 Å². The number of thiophene rings is 1. The summed E-state index contributed by atoms with van der Waals surface area (Å²) in [6.07, 6.45) is 0. The van der Waals surface area contributed by atoms with E-state index in [1.54, 1.807) is 6.07 Å². The monoisotopic (exact) mass is 386 g/mol. The van der Waals surface area contributed by atoms with Crippen molar-refractivity contribution >= 4 is 44.7 Å². The molecule has 1 aromatic heterocycles. The number of halogens is 2. The first kappa shape index (κ1) is 16.5. The molecule has 0 saturated heterocycles. The molecule has 0 aliphatic heterocycles. The van der Waals surface area contributed by atoms with Gasteiger partial charge in [-0.3, -0.25) is 4.79 Å². The standard InChI is InChI=1S/C16H16BrClO2S/c1-9(2)11-7-12(18)10(3)6-14(11)20-8-13(19)15-4-5-16(17)21-15/h4-7,9H,8H2,1-3H3. The van der Waals surface area contributed by atoms with Crippen LogP contribution in [0.4, 0.5) is 0 Å². The second-order valence-electron chi connectivity index (χ2n) is 5.11. The van der Waals surface area contributed by atoms with Crippen LogP contribution in [-0.2, 0) is 0 Å². The van der Waals surface area contributed by atoms with Crippen molar-refractivity contribution in [3.8, 4) is 5.75 Å². The Morgan fingerprint density at radius 2 is 2.10 bits per heavy atom. The number of Topliss-reactive ketones (excluding diaryl/α,β-unsaturated/α-hetero) is 1. The SMILES string of the molecule is Cc1cc(OCC(=O)c2ccc(Br)s2)c(C(C)C)cc1Cl. The molecule has 5 heteroatoms. The smallest absolute Gasteiger partial charge is 0.210 e. The molecule has 0 N–H and O–H groups in total. The molecule has 1 aromatic carbocycles. The second-order valence-corrected chi connectivity index (χ2v) is 7.98. The van der Waals surface area contributed by atoms with Gasteiger partial charge in [0.1, 0.15) is 5.75 Å². The largest absolute Gasteiger partial charge is 0.485 e. The number of ketones is 1. The van der Waals surface area contributed by atoms with E-state index in [9.17, 15) is 4.79 Å². The molecule has 21 heavy (non-hydrogen) atoms. The van der Waals surface area contributed by atoms with Gasteiger partial charge < -0.3 is 4.74 Å². The number of carbonyl (C=O) groups is 1. The summed E-state index contributed by atoms with van der Waals surface area (Å²) in [6, 6.07) is 7.49. The van der Waals surface area contributed by atoms with Crippen LogP contribution in [0.1, 0.15) is 40.6 Å². The number of benzene rings is 1. The van der Waals surface area contributed by atoms with Crippen LogP contribution >= 0.6 is 38.9 Å². The minimum absolute atomic E-state index is 0.0204. The van der Waals surface area contributed by atoms with Gasteiger partial charge in [-0.25, -0.2) is 0 Å². The van der Waals surface area contributed by atoms with E-state index in [-0.39, 0.29) is 18.3 Å². The first-order chi connectivity index (χ1) is 9.88. The Bertz CT molecular complexity index is 664. The molecular weight excluding hydrogens is 372 g/mol. The van der Waals surface area contributed by atoms with Crippen LogP contribution in [0.15, 0.2) is 28.1 Å². The van der Waals surface area contributed by atoms with Gasteiger partial charge in [0, 0.05) is 5.02 Å². The van der Waals surface area contributed by atoms with Gasteiger partial charge >= 0.3 is 0 Å². The molecule has 0 saturated carbocycles. The fourth-order valence-electron chi connectivity index (χ4n) is 1.93. The zero-order chi connectivity index (χ0) is 15.6. The van der Waals surface area contributed by atoms with Crippen molar-refractivity contribution in [2.75, 3.05) is 6.61 Å². The van der Waals surface area contributed by atoms with Crippen molar-refractivity contribution in [1.82, 2.24) is 0 Å². The van der Waals surface area contributed by atoms with Crippen LogP contribution in [0.3, 0.4) is 0 Å². The highest BCUT2D eigenvalue weighted by Gasteiger charge is 2.14. The quantitative estimate of drug-likeness (QED) is 0.601. The maximum absolute atomic E-state index is 12.1. The van der Waals surface area contributed by atoms with Gasteiger partial charge in [0.05, 0.1) is 8.66 Å². The summed E-state index contributed by atoms with van der Waals surface area (Å²) in [5.74, 6) is 0.993. The van der Waals surface area contributed by atoms with Crippen LogP contribution in [0, 0.1) is 6.92 Å². The maximum atomic E-state index is 12.1. The van der Waals surface area contributed by atoms with Gasteiger partial charge in [-0.05, 0) is 64.2 Å². The molecular formula is C16H16BrClO2S. The average molecular weight is 388 g/mol. The van der Waals surface area contributed by atoms with E-state index in [0.717, 1.165) is 25.7 Å². The van der Waals surface area contributed by atoms with Gasteiger partial charge in [0.25, 0.3) is 0 Å². The first-order valence-corrected chi connectivity index (χ1v) is 8.58. The minimum atomic E-state index is -0.0204. The summed E-state index contributed by atoms with van der Waals surface area (Å²) in [5.41, 5.74) is 1.97. The molecule has 2 rings (SSSR count). The van der Waals surface area contributed by atoms with E-state index < -0.39 is 0 Å². The van der Waals surface area contributed by atoms with Crippen LogP contribution in [0.25, 0.3) is 0 Å². The molecule has 0 radical (unpaired) electrons. The first-order valence-electron chi connectivity index (χ1n) is 6.60. The Balaban J connectivity index is 2.16. The molecule has 0 bridgehead atoms. The highest BCUT2D eigenvalue weighted by molar-refractivity contribution is 9.11. The lowest BCUT2D eigenvalue weighted by molar-refractivity contribution is 0.0924. The van der Waals surface area contributed by atoms with Gasteiger partial charge in [-0.1, -0.05) is 25.4 Å². The predicted molar refractivity (Wildman–Crippen MR) is 92.1 cm³/mol. The third-order valence-corrected chi connectivity index (χ3v) is 5.19. The molecule has 0 unspecified atom stereocenters. The van der Waals surface area contributed by atoms with Crippen LogP contribution in [0.2, 0.25) is 5.02 Å². The van der Waals surface area contributed by atoms with Crippen LogP contribution in [0.5, 0.6) is 5.75 Å². The molecule has 112 valence electrons. The molecule has 1 heterocycles. The van der Waals surface area contributed by atoms with Gasteiger partial charge in [-0.15, -0.1) is 11.3 Å². The summed E-state index contributed by atoms with van der Waals surface area (Å²) < 4.78 is 6.68. The third-order valence-electron chi connectivity index (χ3n) is 3.12. The highest BCUT2D eigenvalue weighted by Crippen LogP contribution is 2.32. The van der Waals surface area contributed by atoms with E-state index in [1.165, 1.54) is 11.3 Å². The van der Waals surface area contributed by atoms with Crippen molar-refractivity contribution in [3.63, 3.8) is 0 Å². The van der Waals surface area contributed by atoms with Gasteiger partial charge in [0.15, 0.2) is 6.61 Å². The van der Waals surface area contributed by atoms with E-state index in [0.29, 0.717) is 4.88 Å². The predicted octanol–water partition coefficient (Wildman–Crippen LogP) is 5.86. The lowest BCUT2D eigenvalue weighted by Crippen LogP contribution is -2.11. The zero-order valence-electron chi connectivity index (χ0n) is 12.1. The van der Waals surface area contributed by atoms with E-state index in [4.69, 9.17) is 16.3 Å².